The van der Waals surface area contributed by atoms with Gasteiger partial charge in [-0.15, -0.1) is 0 Å². The van der Waals surface area contributed by atoms with Crippen molar-refractivity contribution in [3.05, 3.63) is 23.0 Å². The van der Waals surface area contributed by atoms with Crippen LogP contribution in [0.25, 0.3) is 0 Å². The molecular formula is C9H10F2N2O2. The quantitative estimate of drug-likeness (QED) is 0.764. The summed E-state index contributed by atoms with van der Waals surface area (Å²) < 4.78 is 29.2. The number of carbonyl (C=O) groups excluding carboxylic acids is 1. The van der Waals surface area contributed by atoms with Crippen molar-refractivity contribution in [1.29, 1.82) is 0 Å². The van der Waals surface area contributed by atoms with Gasteiger partial charge in [-0.3, -0.25) is 0 Å². The minimum atomic E-state index is -2.66. The van der Waals surface area contributed by atoms with Crippen LogP contribution >= 0.6 is 0 Å². The fourth-order valence-electron chi connectivity index (χ4n) is 1.11. The van der Waals surface area contributed by atoms with E-state index in [9.17, 15) is 13.6 Å². The molecule has 0 atom stereocenters. The van der Waals surface area contributed by atoms with Crippen LogP contribution in [0.2, 0.25) is 0 Å². The molecule has 0 radical (unpaired) electrons. The van der Waals surface area contributed by atoms with Crippen LogP contribution in [-0.4, -0.2) is 18.1 Å². The lowest BCUT2D eigenvalue weighted by Gasteiger charge is -2.09. The minimum Gasteiger partial charge on any atom is -0.464 e. The van der Waals surface area contributed by atoms with Gasteiger partial charge < -0.3 is 10.5 Å². The van der Waals surface area contributed by atoms with Gasteiger partial charge in [0.1, 0.15) is 0 Å². The molecule has 0 unspecified atom stereocenters. The normalized spacial score (nSPS) is 10.5. The number of pyridine rings is 1. The minimum absolute atomic E-state index is 0.0698. The summed E-state index contributed by atoms with van der Waals surface area (Å²) in [5, 5.41) is 0. The number of nitrogens with two attached hydrogens (primary N) is 1. The zero-order chi connectivity index (χ0) is 11.6. The van der Waals surface area contributed by atoms with Crippen molar-refractivity contribution in [2.45, 2.75) is 13.3 Å². The van der Waals surface area contributed by atoms with Crippen molar-refractivity contribution >= 4 is 11.7 Å². The van der Waals surface area contributed by atoms with E-state index >= 15 is 0 Å². The molecule has 0 saturated carbocycles. The van der Waals surface area contributed by atoms with Gasteiger partial charge in [0, 0.05) is 11.8 Å². The fourth-order valence-corrected chi connectivity index (χ4v) is 1.11. The maximum absolute atomic E-state index is 12.4. The molecule has 15 heavy (non-hydrogen) atoms. The molecule has 6 heteroatoms. The molecular weight excluding hydrogens is 206 g/mol. The standard InChI is InChI=1S/C9H10F2N2O2/c1-4-5(8(10)11)3-13-7(6(4)12)9(14)15-2/h3,8H,12H2,1-2H3. The molecule has 0 aliphatic rings. The molecule has 0 aliphatic carbocycles. The van der Waals surface area contributed by atoms with Gasteiger partial charge in [-0.05, 0) is 12.5 Å². The number of methoxy groups -OCH3 is 1. The number of esters is 1. The van der Waals surface area contributed by atoms with E-state index in [1.54, 1.807) is 0 Å². The number of anilines is 1. The number of hydrogen-bond donors (Lipinski definition) is 1. The predicted molar refractivity (Wildman–Crippen MR) is 49.7 cm³/mol. The third-order valence-electron chi connectivity index (χ3n) is 2.04. The molecule has 0 spiro atoms. The van der Waals surface area contributed by atoms with Crippen molar-refractivity contribution in [2.75, 3.05) is 12.8 Å². The number of nitrogen functional groups attached to an aromatic ring is 1. The van der Waals surface area contributed by atoms with Crippen LogP contribution in [0.1, 0.15) is 28.0 Å². The lowest BCUT2D eigenvalue weighted by molar-refractivity contribution is 0.0594. The molecule has 1 aromatic rings. The highest BCUT2D eigenvalue weighted by atomic mass is 19.3. The Kier molecular flexibility index (Phi) is 3.18. The molecule has 1 rings (SSSR count). The maximum Gasteiger partial charge on any atom is 0.358 e. The number of hydrogen-bond acceptors (Lipinski definition) is 4. The molecule has 0 fully saturated rings. The van der Waals surface area contributed by atoms with E-state index in [2.05, 4.69) is 9.72 Å². The Morgan fingerprint density at radius 1 is 1.60 bits per heavy atom. The van der Waals surface area contributed by atoms with Gasteiger partial charge in [-0.25, -0.2) is 18.6 Å². The molecule has 0 aromatic carbocycles. The highest BCUT2D eigenvalue weighted by molar-refractivity contribution is 5.93. The van der Waals surface area contributed by atoms with Crippen LogP contribution in [0, 0.1) is 6.92 Å². The highest BCUT2D eigenvalue weighted by Gasteiger charge is 2.19. The summed E-state index contributed by atoms with van der Waals surface area (Å²) in [6.45, 7) is 1.41. The first kappa shape index (κ1) is 11.4. The molecule has 0 aliphatic heterocycles. The largest absolute Gasteiger partial charge is 0.464 e. The average molecular weight is 216 g/mol. The van der Waals surface area contributed by atoms with Gasteiger partial charge in [-0.2, -0.15) is 0 Å². The second-order valence-corrected chi connectivity index (χ2v) is 2.89. The monoisotopic (exact) mass is 216 g/mol. The topological polar surface area (TPSA) is 65.2 Å². The fraction of sp³-hybridized carbons (Fsp3) is 0.333. The highest BCUT2D eigenvalue weighted by Crippen LogP contribution is 2.27. The van der Waals surface area contributed by atoms with Gasteiger partial charge in [-0.1, -0.05) is 0 Å². The molecule has 0 bridgehead atoms. The van der Waals surface area contributed by atoms with Crippen molar-refractivity contribution in [2.24, 2.45) is 0 Å². The average Bonchev–Trinajstić information content (AvgIpc) is 2.20. The number of halogens is 2. The first-order valence-electron chi connectivity index (χ1n) is 4.10. The van der Waals surface area contributed by atoms with Crippen LogP contribution in [0.15, 0.2) is 6.20 Å². The number of alkyl halides is 2. The second kappa shape index (κ2) is 4.20. The Morgan fingerprint density at radius 2 is 2.20 bits per heavy atom. The first-order chi connectivity index (χ1) is 6.99. The third kappa shape index (κ3) is 2.03. The Balaban J connectivity index is 3.27. The SMILES string of the molecule is COC(=O)c1ncc(C(F)F)c(C)c1N. The summed E-state index contributed by atoms with van der Waals surface area (Å²) >= 11 is 0. The summed E-state index contributed by atoms with van der Waals surface area (Å²) in [5.41, 5.74) is 5.17. The molecule has 1 aromatic heterocycles. The number of ether oxygens (including phenoxy) is 1. The van der Waals surface area contributed by atoms with Crippen molar-refractivity contribution in [3.63, 3.8) is 0 Å². The maximum atomic E-state index is 12.4. The number of aromatic nitrogens is 1. The van der Waals surface area contributed by atoms with Crippen LogP contribution in [0.3, 0.4) is 0 Å². The molecule has 0 saturated heterocycles. The van der Waals surface area contributed by atoms with Crippen LogP contribution < -0.4 is 5.73 Å². The van der Waals surface area contributed by atoms with E-state index in [4.69, 9.17) is 5.73 Å². The van der Waals surface area contributed by atoms with E-state index in [-0.39, 0.29) is 22.5 Å². The Labute approximate surface area is 85.1 Å². The summed E-state index contributed by atoms with van der Waals surface area (Å²) in [7, 11) is 1.17. The van der Waals surface area contributed by atoms with Gasteiger partial charge in [0.2, 0.25) is 0 Å². The van der Waals surface area contributed by atoms with E-state index in [1.165, 1.54) is 14.0 Å². The van der Waals surface area contributed by atoms with Crippen molar-refractivity contribution in [1.82, 2.24) is 4.98 Å². The second-order valence-electron chi connectivity index (χ2n) is 2.89. The van der Waals surface area contributed by atoms with Crippen LogP contribution in [0.5, 0.6) is 0 Å². The predicted octanol–water partition coefficient (Wildman–Crippen LogP) is 1.70. The van der Waals surface area contributed by atoms with Gasteiger partial charge in [0.05, 0.1) is 12.8 Å². The Hall–Kier alpha value is -1.72. The van der Waals surface area contributed by atoms with Gasteiger partial charge >= 0.3 is 5.97 Å². The molecule has 82 valence electrons. The summed E-state index contributed by atoms with van der Waals surface area (Å²) in [6, 6.07) is 0. The number of nitrogens with zero attached hydrogens (tertiary/aromatic N) is 1. The third-order valence-corrected chi connectivity index (χ3v) is 2.04. The smallest absolute Gasteiger partial charge is 0.358 e. The molecule has 1 heterocycles. The van der Waals surface area contributed by atoms with Gasteiger partial charge in [0.25, 0.3) is 6.43 Å². The molecule has 0 amide bonds. The molecule has 4 nitrogen and oxygen atoms in total. The van der Waals surface area contributed by atoms with E-state index < -0.39 is 12.4 Å². The van der Waals surface area contributed by atoms with Gasteiger partial charge in [0.15, 0.2) is 5.69 Å². The molecule has 2 N–H and O–H groups in total. The Bertz CT molecular complexity index is 394. The number of rotatable bonds is 2. The van der Waals surface area contributed by atoms with Crippen molar-refractivity contribution in [3.8, 4) is 0 Å². The van der Waals surface area contributed by atoms with Crippen molar-refractivity contribution < 1.29 is 18.3 Å². The number of carbonyl (C=O) groups is 1. The lowest BCUT2D eigenvalue weighted by atomic mass is 10.1. The zero-order valence-electron chi connectivity index (χ0n) is 8.25. The van der Waals surface area contributed by atoms with E-state index in [1.807, 2.05) is 0 Å². The van der Waals surface area contributed by atoms with E-state index in [0.29, 0.717) is 0 Å². The van der Waals surface area contributed by atoms with Crippen LogP contribution in [0.4, 0.5) is 14.5 Å². The van der Waals surface area contributed by atoms with Crippen LogP contribution in [-0.2, 0) is 4.74 Å². The first-order valence-corrected chi connectivity index (χ1v) is 4.10. The van der Waals surface area contributed by atoms with E-state index in [0.717, 1.165) is 6.20 Å². The summed E-state index contributed by atoms with van der Waals surface area (Å²) in [5.74, 6) is -0.739. The summed E-state index contributed by atoms with van der Waals surface area (Å²) in [6.07, 6.45) is -1.73. The lowest BCUT2D eigenvalue weighted by Crippen LogP contribution is -2.11. The summed E-state index contributed by atoms with van der Waals surface area (Å²) in [4.78, 5) is 14.7. The Morgan fingerprint density at radius 3 is 2.67 bits per heavy atom. The zero-order valence-corrected chi connectivity index (χ0v) is 8.25.